The Balaban J connectivity index is 2.70. The third-order valence-electron chi connectivity index (χ3n) is 3.54. The van der Waals surface area contributed by atoms with Gasteiger partial charge in [-0.1, -0.05) is 18.1 Å². The van der Waals surface area contributed by atoms with Gasteiger partial charge >= 0.3 is 7.60 Å². The third kappa shape index (κ3) is 9.56. The number of amides is 1. The van der Waals surface area contributed by atoms with Crippen LogP contribution in [0.3, 0.4) is 0 Å². The summed E-state index contributed by atoms with van der Waals surface area (Å²) in [5.41, 5.74) is 6.02. The molecule has 0 heterocycles. The molecular weight excluding hydrogens is 359 g/mol. The van der Waals surface area contributed by atoms with Crippen LogP contribution in [0.25, 0.3) is 0 Å². The van der Waals surface area contributed by atoms with Gasteiger partial charge in [0.05, 0.1) is 25.9 Å². The number of rotatable bonds is 12. The second kappa shape index (κ2) is 11.0. The summed E-state index contributed by atoms with van der Waals surface area (Å²) in [5, 5.41) is 0. The van der Waals surface area contributed by atoms with E-state index in [9.17, 15) is 9.36 Å². The third-order valence-corrected chi connectivity index (χ3v) is 4.30. The van der Waals surface area contributed by atoms with Crippen LogP contribution in [0.4, 0.5) is 0 Å². The fourth-order valence-corrected chi connectivity index (χ4v) is 2.56. The molecule has 0 aliphatic rings. The molecule has 0 radical (unpaired) electrons. The monoisotopic (exact) mass is 384 g/mol. The molecule has 0 bridgehead atoms. The largest absolute Gasteiger partial charge is 0.493 e. The van der Waals surface area contributed by atoms with Crippen molar-refractivity contribution in [2.75, 3.05) is 39.6 Å². The van der Waals surface area contributed by atoms with E-state index in [-0.39, 0.29) is 32.0 Å². The summed E-state index contributed by atoms with van der Waals surface area (Å²) >= 11 is 0. The van der Waals surface area contributed by atoms with Crippen LogP contribution in [0.15, 0.2) is 24.3 Å². The van der Waals surface area contributed by atoms with Crippen molar-refractivity contribution in [1.82, 2.24) is 4.90 Å². The van der Waals surface area contributed by atoms with Crippen LogP contribution in [0.5, 0.6) is 5.75 Å². The van der Waals surface area contributed by atoms with Crippen molar-refractivity contribution < 1.29 is 28.6 Å². The molecule has 1 aromatic carbocycles. The molecule has 0 aliphatic carbocycles. The number of terminal acetylenes is 1. The van der Waals surface area contributed by atoms with Gasteiger partial charge in [-0.15, -0.1) is 6.42 Å². The van der Waals surface area contributed by atoms with Crippen LogP contribution in [0, 0.1) is 12.3 Å². The minimum absolute atomic E-state index is 0.0734. The lowest BCUT2D eigenvalue weighted by atomic mass is 10.1. The highest BCUT2D eigenvalue weighted by Crippen LogP contribution is 2.33. The first-order valence-corrected chi connectivity index (χ1v) is 9.77. The molecule has 0 fully saturated rings. The SMILES string of the molecule is C#CCN(C)[C@H](COCC(N)=O)Cc1cccc(OCCP(=O)(O)O)c1. The van der Waals surface area contributed by atoms with Crippen molar-refractivity contribution in [3.8, 4) is 18.1 Å². The normalized spacial score (nSPS) is 12.6. The van der Waals surface area contributed by atoms with Crippen molar-refractivity contribution in [3.63, 3.8) is 0 Å². The van der Waals surface area contributed by atoms with Gasteiger partial charge < -0.3 is 25.0 Å². The molecular formula is C17H25N2O6P. The molecule has 9 heteroatoms. The zero-order valence-corrected chi connectivity index (χ0v) is 15.6. The number of likely N-dealkylation sites (N-methyl/N-ethyl adjacent to an activating group) is 1. The van der Waals surface area contributed by atoms with E-state index in [2.05, 4.69) is 5.92 Å². The Morgan fingerprint density at radius 2 is 2.19 bits per heavy atom. The van der Waals surface area contributed by atoms with Crippen LogP contribution in [0.2, 0.25) is 0 Å². The zero-order valence-electron chi connectivity index (χ0n) is 14.7. The van der Waals surface area contributed by atoms with Gasteiger partial charge in [-0.2, -0.15) is 0 Å². The van der Waals surface area contributed by atoms with Crippen LogP contribution in [0.1, 0.15) is 5.56 Å². The molecule has 0 unspecified atom stereocenters. The van der Waals surface area contributed by atoms with Gasteiger partial charge in [-0.05, 0) is 31.2 Å². The average molecular weight is 384 g/mol. The first-order valence-electron chi connectivity index (χ1n) is 7.97. The summed E-state index contributed by atoms with van der Waals surface area (Å²) in [6.07, 6.45) is 5.61. The Bertz CT molecular complexity index is 669. The quantitative estimate of drug-likeness (QED) is 0.348. The summed E-state index contributed by atoms with van der Waals surface area (Å²) in [5.74, 6) is 2.55. The van der Waals surface area contributed by atoms with Gasteiger partial charge in [0.1, 0.15) is 12.4 Å². The highest BCUT2D eigenvalue weighted by Gasteiger charge is 2.16. The Hall–Kier alpha value is -1.88. The molecule has 4 N–H and O–H groups in total. The topological polar surface area (TPSA) is 122 Å². The second-order valence-electron chi connectivity index (χ2n) is 5.84. The molecule has 26 heavy (non-hydrogen) atoms. The van der Waals surface area contributed by atoms with E-state index in [1.54, 1.807) is 18.2 Å². The molecule has 0 aromatic heterocycles. The lowest BCUT2D eigenvalue weighted by molar-refractivity contribution is -0.123. The highest BCUT2D eigenvalue weighted by atomic mass is 31.2. The van der Waals surface area contributed by atoms with Crippen LogP contribution < -0.4 is 10.5 Å². The maximum Gasteiger partial charge on any atom is 0.328 e. The molecule has 1 amide bonds. The van der Waals surface area contributed by atoms with Crippen molar-refractivity contribution in [3.05, 3.63) is 29.8 Å². The molecule has 0 saturated carbocycles. The van der Waals surface area contributed by atoms with Gasteiger partial charge in [-0.25, -0.2) is 0 Å². The number of primary amides is 1. The zero-order chi connectivity index (χ0) is 19.6. The van der Waals surface area contributed by atoms with Gasteiger partial charge in [0.25, 0.3) is 0 Å². The molecule has 1 aromatic rings. The first kappa shape index (κ1) is 22.2. The lowest BCUT2D eigenvalue weighted by Crippen LogP contribution is -2.38. The van der Waals surface area contributed by atoms with E-state index in [1.165, 1.54) is 0 Å². The summed E-state index contributed by atoms with van der Waals surface area (Å²) in [6.45, 7) is 0.468. The second-order valence-corrected chi connectivity index (χ2v) is 7.62. The van der Waals surface area contributed by atoms with Crippen LogP contribution in [-0.2, 0) is 20.5 Å². The molecule has 0 spiro atoms. The minimum atomic E-state index is -4.08. The molecule has 0 saturated heterocycles. The van der Waals surface area contributed by atoms with Crippen molar-refractivity contribution in [2.24, 2.45) is 5.73 Å². The molecule has 1 rings (SSSR count). The molecule has 0 aliphatic heterocycles. The lowest BCUT2D eigenvalue weighted by Gasteiger charge is -2.26. The smallest absolute Gasteiger partial charge is 0.328 e. The average Bonchev–Trinajstić information content (AvgIpc) is 2.53. The number of nitrogens with two attached hydrogens (primary N) is 1. The van der Waals surface area contributed by atoms with E-state index in [1.807, 2.05) is 18.0 Å². The fraction of sp³-hybridized carbons (Fsp3) is 0.471. The van der Waals surface area contributed by atoms with E-state index in [4.69, 9.17) is 31.4 Å². The number of nitrogens with zero attached hydrogens (tertiary/aromatic N) is 1. The Kier molecular flexibility index (Phi) is 9.35. The maximum atomic E-state index is 10.9. The van der Waals surface area contributed by atoms with E-state index in [0.717, 1.165) is 5.56 Å². The minimum Gasteiger partial charge on any atom is -0.493 e. The van der Waals surface area contributed by atoms with Crippen LogP contribution in [-0.4, -0.2) is 66.2 Å². The predicted octanol–water partition coefficient (Wildman–Crippen LogP) is 0.221. The fourth-order valence-electron chi connectivity index (χ4n) is 2.23. The number of hydrogen-bond donors (Lipinski definition) is 3. The molecule has 1 atom stereocenters. The van der Waals surface area contributed by atoms with Crippen molar-refractivity contribution >= 4 is 13.5 Å². The molecule has 144 valence electrons. The summed E-state index contributed by atoms with van der Waals surface area (Å²) in [4.78, 5) is 30.5. The maximum absolute atomic E-state index is 10.9. The number of carbonyl (C=O) groups is 1. The molecule has 8 nitrogen and oxygen atoms in total. The number of benzene rings is 1. The van der Waals surface area contributed by atoms with E-state index >= 15 is 0 Å². The van der Waals surface area contributed by atoms with Gasteiger partial charge in [-0.3, -0.25) is 14.3 Å². The van der Waals surface area contributed by atoms with E-state index in [0.29, 0.717) is 18.7 Å². The predicted molar refractivity (Wildman–Crippen MR) is 97.8 cm³/mol. The Labute approximate surface area is 153 Å². The van der Waals surface area contributed by atoms with E-state index < -0.39 is 13.5 Å². The first-order chi connectivity index (χ1) is 12.2. The summed E-state index contributed by atoms with van der Waals surface area (Å²) in [6, 6.07) is 7.14. The number of ether oxygens (including phenoxy) is 2. The standard InChI is InChI=1S/C17H25N2O6P/c1-3-7-19(2)15(12-24-13-17(18)20)10-14-5-4-6-16(11-14)25-8-9-26(21,22)23/h1,4-6,11,15H,7-10,12-13H2,2H3,(H2,18,20)(H2,21,22,23)/t15-/m0/s1. The highest BCUT2D eigenvalue weighted by molar-refractivity contribution is 7.51. The Morgan fingerprint density at radius 1 is 1.46 bits per heavy atom. The summed E-state index contributed by atoms with van der Waals surface area (Å²) < 4.78 is 21.6. The van der Waals surface area contributed by atoms with Crippen LogP contribution >= 0.6 is 7.60 Å². The number of carbonyl (C=O) groups excluding carboxylic acids is 1. The van der Waals surface area contributed by atoms with Gasteiger partial charge in [0.2, 0.25) is 5.91 Å². The van der Waals surface area contributed by atoms with Crippen molar-refractivity contribution in [2.45, 2.75) is 12.5 Å². The van der Waals surface area contributed by atoms with Crippen molar-refractivity contribution in [1.29, 1.82) is 0 Å². The number of hydrogen-bond acceptors (Lipinski definition) is 5. The van der Waals surface area contributed by atoms with Gasteiger partial charge in [0.15, 0.2) is 0 Å². The summed E-state index contributed by atoms with van der Waals surface area (Å²) in [7, 11) is -2.22. The Morgan fingerprint density at radius 3 is 2.81 bits per heavy atom. The van der Waals surface area contributed by atoms with Gasteiger partial charge in [0, 0.05) is 6.04 Å².